The van der Waals surface area contributed by atoms with E-state index in [0.29, 0.717) is 12.2 Å². The Morgan fingerprint density at radius 3 is 2.72 bits per heavy atom. The Hall–Kier alpha value is -2.64. The SMILES string of the molecule is O=C(CSc1ncc(-c2ccccc2)n1C[C@H]1CCCO1)Nc1ccc(F)cc1. The van der Waals surface area contributed by atoms with E-state index in [4.69, 9.17) is 4.74 Å². The molecule has 29 heavy (non-hydrogen) atoms. The lowest BCUT2D eigenvalue weighted by atomic mass is 10.1. The average Bonchev–Trinajstić information content (AvgIpc) is 3.39. The number of benzene rings is 2. The van der Waals surface area contributed by atoms with E-state index in [0.717, 1.165) is 35.9 Å². The number of hydrogen-bond donors (Lipinski definition) is 1. The number of carbonyl (C=O) groups is 1. The summed E-state index contributed by atoms with van der Waals surface area (Å²) in [6.45, 7) is 1.51. The molecule has 0 aliphatic carbocycles. The van der Waals surface area contributed by atoms with Crippen molar-refractivity contribution in [3.8, 4) is 11.3 Å². The first-order valence-corrected chi connectivity index (χ1v) is 10.6. The molecule has 1 saturated heterocycles. The smallest absolute Gasteiger partial charge is 0.234 e. The largest absolute Gasteiger partial charge is 0.376 e. The van der Waals surface area contributed by atoms with Crippen LogP contribution in [-0.2, 0) is 16.1 Å². The van der Waals surface area contributed by atoms with E-state index in [-0.39, 0.29) is 23.6 Å². The van der Waals surface area contributed by atoms with Gasteiger partial charge in [-0.2, -0.15) is 0 Å². The molecule has 1 atom stereocenters. The third-order valence-corrected chi connectivity index (χ3v) is 5.75. The summed E-state index contributed by atoms with van der Waals surface area (Å²) in [5.41, 5.74) is 2.67. The van der Waals surface area contributed by atoms with E-state index in [2.05, 4.69) is 27.0 Å². The number of rotatable bonds is 7. The summed E-state index contributed by atoms with van der Waals surface area (Å²) < 4.78 is 21.0. The van der Waals surface area contributed by atoms with Gasteiger partial charge in [-0.3, -0.25) is 4.79 Å². The molecule has 1 fully saturated rings. The van der Waals surface area contributed by atoms with Gasteiger partial charge >= 0.3 is 0 Å². The van der Waals surface area contributed by atoms with Gasteiger partial charge in [0, 0.05) is 12.3 Å². The molecule has 1 N–H and O–H groups in total. The summed E-state index contributed by atoms with van der Waals surface area (Å²) >= 11 is 1.39. The molecule has 3 aromatic rings. The highest BCUT2D eigenvalue weighted by atomic mass is 32.2. The van der Waals surface area contributed by atoms with Gasteiger partial charge in [-0.1, -0.05) is 42.1 Å². The predicted octanol–water partition coefficient (Wildman–Crippen LogP) is 4.60. The van der Waals surface area contributed by atoms with Crippen LogP contribution in [-0.4, -0.2) is 33.9 Å². The molecule has 4 rings (SSSR count). The summed E-state index contributed by atoms with van der Waals surface area (Å²) in [5, 5.41) is 3.57. The van der Waals surface area contributed by atoms with Crippen LogP contribution in [0.2, 0.25) is 0 Å². The minimum Gasteiger partial charge on any atom is -0.376 e. The Labute approximate surface area is 173 Å². The Bertz CT molecular complexity index is 954. The van der Waals surface area contributed by atoms with Crippen molar-refractivity contribution in [2.45, 2.75) is 30.6 Å². The minimum absolute atomic E-state index is 0.158. The Morgan fingerprint density at radius 1 is 1.21 bits per heavy atom. The Morgan fingerprint density at radius 2 is 2.00 bits per heavy atom. The molecule has 1 aliphatic heterocycles. The van der Waals surface area contributed by atoms with Gasteiger partial charge in [0.25, 0.3) is 0 Å². The van der Waals surface area contributed by atoms with Crippen molar-refractivity contribution in [3.05, 3.63) is 66.6 Å². The Balaban J connectivity index is 1.47. The number of halogens is 1. The summed E-state index contributed by atoms with van der Waals surface area (Å²) in [6, 6.07) is 15.8. The molecule has 0 saturated carbocycles. The third-order valence-electron chi connectivity index (χ3n) is 4.76. The van der Waals surface area contributed by atoms with Crippen LogP contribution >= 0.6 is 11.8 Å². The van der Waals surface area contributed by atoms with E-state index < -0.39 is 0 Å². The lowest BCUT2D eigenvalue weighted by molar-refractivity contribution is -0.113. The first kappa shape index (κ1) is 19.7. The van der Waals surface area contributed by atoms with Crippen LogP contribution in [0.3, 0.4) is 0 Å². The topological polar surface area (TPSA) is 56.2 Å². The highest BCUT2D eigenvalue weighted by Gasteiger charge is 2.21. The van der Waals surface area contributed by atoms with Crippen LogP contribution in [0, 0.1) is 5.82 Å². The molecule has 0 spiro atoms. The number of amides is 1. The summed E-state index contributed by atoms with van der Waals surface area (Å²) in [7, 11) is 0. The number of ether oxygens (including phenoxy) is 1. The van der Waals surface area contributed by atoms with Crippen molar-refractivity contribution in [2.75, 3.05) is 17.7 Å². The first-order chi connectivity index (χ1) is 14.2. The molecule has 2 aromatic carbocycles. The van der Waals surface area contributed by atoms with Gasteiger partial charge < -0.3 is 14.6 Å². The van der Waals surface area contributed by atoms with Crippen LogP contribution in [0.5, 0.6) is 0 Å². The van der Waals surface area contributed by atoms with Crippen LogP contribution in [0.25, 0.3) is 11.3 Å². The maximum Gasteiger partial charge on any atom is 0.234 e. The number of carbonyl (C=O) groups excluding carboxylic acids is 1. The lowest BCUT2D eigenvalue weighted by Crippen LogP contribution is -2.18. The molecular formula is C22H22FN3O2S. The standard InChI is InChI=1S/C22H22FN3O2S/c23-17-8-10-18(11-9-17)25-21(27)15-29-22-24-13-20(16-5-2-1-3-6-16)26(22)14-19-7-4-12-28-19/h1-3,5-6,8-11,13,19H,4,7,12,14-15H2,(H,25,27)/t19-/m1/s1. The van der Waals surface area contributed by atoms with E-state index in [1.807, 2.05) is 24.4 Å². The second-order valence-corrected chi connectivity index (χ2v) is 7.82. The number of hydrogen-bond acceptors (Lipinski definition) is 4. The zero-order valence-corrected chi connectivity index (χ0v) is 16.7. The quantitative estimate of drug-likeness (QED) is 0.578. The summed E-state index contributed by atoms with van der Waals surface area (Å²) in [4.78, 5) is 16.9. The van der Waals surface area contributed by atoms with Crippen molar-refractivity contribution in [3.63, 3.8) is 0 Å². The molecule has 1 aliphatic rings. The van der Waals surface area contributed by atoms with E-state index in [1.54, 1.807) is 12.1 Å². The number of imidazole rings is 1. The molecule has 0 radical (unpaired) electrons. The molecular weight excluding hydrogens is 389 g/mol. The molecule has 2 heterocycles. The van der Waals surface area contributed by atoms with Crippen molar-refractivity contribution >= 4 is 23.4 Å². The van der Waals surface area contributed by atoms with Gasteiger partial charge in [0.15, 0.2) is 5.16 Å². The van der Waals surface area contributed by atoms with E-state index >= 15 is 0 Å². The monoisotopic (exact) mass is 411 g/mol. The second kappa shape index (κ2) is 9.24. The predicted molar refractivity (Wildman–Crippen MR) is 112 cm³/mol. The zero-order valence-electron chi connectivity index (χ0n) is 15.9. The van der Waals surface area contributed by atoms with E-state index in [9.17, 15) is 9.18 Å². The van der Waals surface area contributed by atoms with Gasteiger partial charge in [-0.05, 0) is 42.7 Å². The van der Waals surface area contributed by atoms with Crippen LogP contribution in [0.4, 0.5) is 10.1 Å². The fourth-order valence-corrected chi connectivity index (χ4v) is 4.13. The van der Waals surface area contributed by atoms with Crippen LogP contribution in [0.1, 0.15) is 12.8 Å². The highest BCUT2D eigenvalue weighted by molar-refractivity contribution is 7.99. The average molecular weight is 412 g/mol. The third kappa shape index (κ3) is 5.05. The highest BCUT2D eigenvalue weighted by Crippen LogP contribution is 2.28. The lowest BCUT2D eigenvalue weighted by Gasteiger charge is -2.16. The normalized spacial score (nSPS) is 16.1. The number of nitrogens with zero attached hydrogens (tertiary/aromatic N) is 2. The van der Waals surface area contributed by atoms with Gasteiger partial charge in [0.1, 0.15) is 5.82 Å². The molecule has 1 amide bonds. The van der Waals surface area contributed by atoms with Gasteiger partial charge in [0.2, 0.25) is 5.91 Å². The maximum absolute atomic E-state index is 13.0. The minimum atomic E-state index is -0.332. The fourth-order valence-electron chi connectivity index (χ4n) is 3.34. The molecule has 0 bridgehead atoms. The second-order valence-electron chi connectivity index (χ2n) is 6.88. The summed E-state index contributed by atoms with van der Waals surface area (Å²) in [6.07, 6.45) is 4.12. The first-order valence-electron chi connectivity index (χ1n) is 9.60. The maximum atomic E-state index is 13.0. The van der Waals surface area contributed by atoms with Crippen molar-refractivity contribution < 1.29 is 13.9 Å². The molecule has 1 aromatic heterocycles. The zero-order chi connectivity index (χ0) is 20.1. The van der Waals surface area contributed by atoms with Crippen LogP contribution in [0.15, 0.2) is 66.0 Å². The Kier molecular flexibility index (Phi) is 6.27. The molecule has 0 unspecified atom stereocenters. The number of aromatic nitrogens is 2. The number of anilines is 1. The molecule has 150 valence electrons. The van der Waals surface area contributed by atoms with Gasteiger partial charge in [-0.15, -0.1) is 0 Å². The van der Waals surface area contributed by atoms with Gasteiger partial charge in [0.05, 0.1) is 30.3 Å². The van der Waals surface area contributed by atoms with Crippen molar-refractivity contribution in [2.24, 2.45) is 0 Å². The summed E-state index contributed by atoms with van der Waals surface area (Å²) in [5.74, 6) is -0.273. The number of nitrogens with one attached hydrogen (secondary N) is 1. The molecule has 5 nitrogen and oxygen atoms in total. The van der Waals surface area contributed by atoms with Crippen molar-refractivity contribution in [1.29, 1.82) is 0 Å². The van der Waals surface area contributed by atoms with Gasteiger partial charge in [-0.25, -0.2) is 9.37 Å². The van der Waals surface area contributed by atoms with Crippen molar-refractivity contribution in [1.82, 2.24) is 9.55 Å². The molecule has 7 heteroatoms. The van der Waals surface area contributed by atoms with Crippen LogP contribution < -0.4 is 5.32 Å². The fraction of sp³-hybridized carbons (Fsp3) is 0.273. The number of thioether (sulfide) groups is 1. The van der Waals surface area contributed by atoms with E-state index in [1.165, 1.54) is 23.9 Å².